The molecule has 114 valence electrons. The number of rotatable bonds is 3. The predicted octanol–water partition coefficient (Wildman–Crippen LogP) is 3.02. The topological polar surface area (TPSA) is 69.6 Å². The minimum atomic E-state index is -0.826. The second-order valence-corrected chi connectivity index (χ2v) is 6.27. The van der Waals surface area contributed by atoms with Crippen molar-refractivity contribution in [2.45, 2.75) is 25.8 Å². The van der Waals surface area contributed by atoms with Crippen LogP contribution in [0.4, 0.5) is 4.79 Å². The van der Waals surface area contributed by atoms with Crippen molar-refractivity contribution in [2.24, 2.45) is 5.92 Å². The Labute approximate surface area is 132 Å². The Kier molecular flexibility index (Phi) is 5.22. The van der Waals surface area contributed by atoms with Crippen LogP contribution in [0.5, 0.6) is 0 Å². The highest BCUT2D eigenvalue weighted by Gasteiger charge is 2.28. The lowest BCUT2D eigenvalue weighted by Crippen LogP contribution is -2.47. The third kappa shape index (κ3) is 4.20. The van der Waals surface area contributed by atoms with E-state index in [1.54, 1.807) is 4.90 Å². The van der Waals surface area contributed by atoms with E-state index < -0.39 is 11.9 Å². The summed E-state index contributed by atoms with van der Waals surface area (Å²) in [4.78, 5) is 24.9. The molecule has 1 saturated heterocycles. The number of hydrogen-bond acceptors (Lipinski definition) is 2. The van der Waals surface area contributed by atoms with Gasteiger partial charge in [0, 0.05) is 17.6 Å². The van der Waals surface area contributed by atoms with Crippen LogP contribution in [-0.4, -0.2) is 35.1 Å². The van der Waals surface area contributed by atoms with Gasteiger partial charge in [-0.05, 0) is 37.5 Å². The second kappa shape index (κ2) is 6.93. The normalized spacial score (nSPS) is 19.9. The Bertz CT molecular complexity index is 535. The van der Waals surface area contributed by atoms with Crippen LogP contribution in [0, 0.1) is 5.92 Å². The Morgan fingerprint density at radius 3 is 2.90 bits per heavy atom. The number of carboxylic acids is 1. The van der Waals surface area contributed by atoms with Gasteiger partial charge >= 0.3 is 12.0 Å². The monoisotopic (exact) mass is 354 g/mol. The zero-order chi connectivity index (χ0) is 15.4. The van der Waals surface area contributed by atoms with Gasteiger partial charge in [0.1, 0.15) is 0 Å². The van der Waals surface area contributed by atoms with Gasteiger partial charge in [-0.3, -0.25) is 4.79 Å². The maximum absolute atomic E-state index is 12.2. The highest BCUT2D eigenvalue weighted by molar-refractivity contribution is 9.10. The van der Waals surface area contributed by atoms with E-state index in [0.717, 1.165) is 16.5 Å². The zero-order valence-electron chi connectivity index (χ0n) is 11.9. The van der Waals surface area contributed by atoms with E-state index in [9.17, 15) is 9.59 Å². The Morgan fingerprint density at radius 1 is 1.48 bits per heavy atom. The van der Waals surface area contributed by atoms with Gasteiger partial charge in [0.2, 0.25) is 0 Å². The molecule has 0 radical (unpaired) electrons. The van der Waals surface area contributed by atoms with E-state index in [1.165, 1.54) is 0 Å². The summed E-state index contributed by atoms with van der Waals surface area (Å²) in [5, 5.41) is 12.0. The molecule has 1 aromatic rings. The summed E-state index contributed by atoms with van der Waals surface area (Å²) in [6, 6.07) is 7.44. The molecular weight excluding hydrogens is 336 g/mol. The molecule has 0 aliphatic carbocycles. The van der Waals surface area contributed by atoms with Crippen LogP contribution in [-0.2, 0) is 4.79 Å². The largest absolute Gasteiger partial charge is 0.481 e. The quantitative estimate of drug-likeness (QED) is 0.876. The van der Waals surface area contributed by atoms with Crippen LogP contribution in [0.15, 0.2) is 28.7 Å². The predicted molar refractivity (Wildman–Crippen MR) is 83.0 cm³/mol. The summed E-state index contributed by atoms with van der Waals surface area (Å²) in [7, 11) is 0. The number of carbonyl (C=O) groups is 2. The van der Waals surface area contributed by atoms with Crippen LogP contribution in [0.25, 0.3) is 0 Å². The molecule has 21 heavy (non-hydrogen) atoms. The summed E-state index contributed by atoms with van der Waals surface area (Å²) >= 11 is 3.41. The van der Waals surface area contributed by atoms with Crippen molar-refractivity contribution in [1.82, 2.24) is 10.2 Å². The van der Waals surface area contributed by atoms with Crippen LogP contribution < -0.4 is 5.32 Å². The van der Waals surface area contributed by atoms with E-state index in [1.807, 2.05) is 31.2 Å². The van der Waals surface area contributed by atoms with Gasteiger partial charge in [0.15, 0.2) is 0 Å². The lowest BCUT2D eigenvalue weighted by Gasteiger charge is -2.31. The third-order valence-corrected chi connectivity index (χ3v) is 4.24. The molecule has 1 heterocycles. The van der Waals surface area contributed by atoms with Crippen molar-refractivity contribution < 1.29 is 14.7 Å². The molecule has 2 unspecified atom stereocenters. The standard InChI is InChI=1S/C15H19BrN2O3/c1-10(11-4-2-6-13(16)8-11)17-15(21)18-7-3-5-12(9-18)14(19)20/h2,4,6,8,10,12H,3,5,7,9H2,1H3,(H,17,21)(H,19,20). The molecule has 2 rings (SSSR count). The number of carbonyl (C=O) groups excluding carboxylic acids is 1. The number of nitrogens with one attached hydrogen (secondary N) is 1. The first-order chi connectivity index (χ1) is 9.97. The zero-order valence-corrected chi connectivity index (χ0v) is 13.5. The fourth-order valence-corrected chi connectivity index (χ4v) is 2.92. The van der Waals surface area contributed by atoms with Crippen molar-refractivity contribution in [3.05, 3.63) is 34.3 Å². The molecule has 1 fully saturated rings. The van der Waals surface area contributed by atoms with Crippen LogP contribution >= 0.6 is 15.9 Å². The molecule has 2 atom stereocenters. The molecule has 2 N–H and O–H groups in total. The van der Waals surface area contributed by atoms with Gasteiger partial charge in [-0.15, -0.1) is 0 Å². The van der Waals surface area contributed by atoms with E-state index >= 15 is 0 Å². The number of piperidine rings is 1. The first-order valence-electron chi connectivity index (χ1n) is 7.01. The molecule has 0 aromatic heterocycles. The molecule has 5 nitrogen and oxygen atoms in total. The summed E-state index contributed by atoms with van der Waals surface area (Å²) in [6.07, 6.45) is 1.37. The number of aliphatic carboxylic acids is 1. The fourth-order valence-electron chi connectivity index (χ4n) is 2.50. The fraction of sp³-hybridized carbons (Fsp3) is 0.467. The Hall–Kier alpha value is -1.56. The number of halogens is 1. The van der Waals surface area contributed by atoms with Crippen molar-refractivity contribution in [2.75, 3.05) is 13.1 Å². The lowest BCUT2D eigenvalue weighted by atomic mass is 9.98. The van der Waals surface area contributed by atoms with Gasteiger partial charge in [-0.2, -0.15) is 0 Å². The summed E-state index contributed by atoms with van der Waals surface area (Å²) < 4.78 is 0.963. The van der Waals surface area contributed by atoms with Gasteiger partial charge < -0.3 is 15.3 Å². The summed E-state index contributed by atoms with van der Waals surface area (Å²) in [6.45, 7) is 2.81. The van der Waals surface area contributed by atoms with E-state index in [2.05, 4.69) is 21.2 Å². The molecule has 0 saturated carbocycles. The minimum absolute atomic E-state index is 0.125. The van der Waals surface area contributed by atoms with E-state index in [0.29, 0.717) is 13.0 Å². The average molecular weight is 355 g/mol. The van der Waals surface area contributed by atoms with Gasteiger partial charge in [0.05, 0.1) is 12.0 Å². The first-order valence-corrected chi connectivity index (χ1v) is 7.80. The Balaban J connectivity index is 1.96. The number of hydrogen-bond donors (Lipinski definition) is 2. The molecule has 1 aromatic carbocycles. The molecular formula is C15H19BrN2O3. The molecule has 1 aliphatic rings. The highest BCUT2D eigenvalue weighted by Crippen LogP contribution is 2.20. The highest BCUT2D eigenvalue weighted by atomic mass is 79.9. The van der Waals surface area contributed by atoms with Crippen molar-refractivity contribution in [3.8, 4) is 0 Å². The number of amides is 2. The minimum Gasteiger partial charge on any atom is -0.481 e. The molecule has 6 heteroatoms. The van der Waals surface area contributed by atoms with Crippen molar-refractivity contribution in [1.29, 1.82) is 0 Å². The molecule has 0 bridgehead atoms. The average Bonchev–Trinajstić information content (AvgIpc) is 2.47. The molecule has 2 amide bonds. The maximum atomic E-state index is 12.2. The summed E-state index contributed by atoms with van der Waals surface area (Å²) in [5.74, 6) is -1.28. The number of carboxylic acid groups (broad SMARTS) is 1. The maximum Gasteiger partial charge on any atom is 0.317 e. The van der Waals surface area contributed by atoms with E-state index in [4.69, 9.17) is 5.11 Å². The van der Waals surface area contributed by atoms with Gasteiger partial charge in [0.25, 0.3) is 0 Å². The van der Waals surface area contributed by atoms with Gasteiger partial charge in [-0.1, -0.05) is 28.1 Å². The van der Waals surface area contributed by atoms with E-state index in [-0.39, 0.29) is 18.6 Å². The molecule has 0 spiro atoms. The van der Waals surface area contributed by atoms with Crippen molar-refractivity contribution >= 4 is 27.9 Å². The smallest absolute Gasteiger partial charge is 0.317 e. The summed E-state index contributed by atoms with van der Waals surface area (Å²) in [5.41, 5.74) is 1.00. The first kappa shape index (κ1) is 15.8. The van der Waals surface area contributed by atoms with Gasteiger partial charge in [-0.25, -0.2) is 4.79 Å². The van der Waals surface area contributed by atoms with Crippen LogP contribution in [0.2, 0.25) is 0 Å². The number of benzene rings is 1. The lowest BCUT2D eigenvalue weighted by molar-refractivity contribution is -0.143. The number of urea groups is 1. The van der Waals surface area contributed by atoms with Crippen LogP contribution in [0.1, 0.15) is 31.4 Å². The van der Waals surface area contributed by atoms with Crippen molar-refractivity contribution in [3.63, 3.8) is 0 Å². The third-order valence-electron chi connectivity index (χ3n) is 3.75. The second-order valence-electron chi connectivity index (χ2n) is 5.35. The van der Waals surface area contributed by atoms with Crippen LogP contribution in [0.3, 0.4) is 0 Å². The Morgan fingerprint density at radius 2 is 2.24 bits per heavy atom. The number of likely N-dealkylation sites (tertiary alicyclic amines) is 1. The SMILES string of the molecule is CC(NC(=O)N1CCCC(C(=O)O)C1)c1cccc(Br)c1. The molecule has 1 aliphatic heterocycles. The number of nitrogens with zero attached hydrogens (tertiary/aromatic N) is 1.